The number of halogens is 1. The van der Waals surface area contributed by atoms with E-state index in [9.17, 15) is 4.79 Å². The van der Waals surface area contributed by atoms with Crippen molar-refractivity contribution in [2.45, 2.75) is 25.7 Å². The monoisotopic (exact) mass is 558 g/mol. The highest BCUT2D eigenvalue weighted by Crippen LogP contribution is 2.21. The van der Waals surface area contributed by atoms with Crippen LogP contribution in [0.2, 0.25) is 0 Å². The minimum absolute atomic E-state index is 0. The number of carbonyl (C=O) groups is 1. The van der Waals surface area contributed by atoms with Gasteiger partial charge in [-0.2, -0.15) is 0 Å². The van der Waals surface area contributed by atoms with E-state index in [-0.39, 0.29) is 29.9 Å². The molecule has 2 heterocycles. The topological polar surface area (TPSA) is 86.4 Å². The minimum atomic E-state index is -0.207. The van der Waals surface area contributed by atoms with E-state index < -0.39 is 0 Å². The fourth-order valence-electron chi connectivity index (χ4n) is 4.57. The summed E-state index contributed by atoms with van der Waals surface area (Å²) in [5.74, 6) is 1.98. The Kier molecular flexibility index (Phi) is 11.4. The molecule has 1 atom stereocenters. The molecule has 3 N–H and O–H groups in total. The van der Waals surface area contributed by atoms with Gasteiger partial charge in [0.2, 0.25) is 5.91 Å². The molecule has 1 aromatic carbocycles. The summed E-state index contributed by atoms with van der Waals surface area (Å²) >= 11 is 0. The Balaban J connectivity index is 0.00000363. The Morgan fingerprint density at radius 3 is 2.53 bits per heavy atom. The molecule has 0 bridgehead atoms. The van der Waals surface area contributed by atoms with Crippen LogP contribution in [0.5, 0.6) is 5.75 Å². The highest BCUT2D eigenvalue weighted by Gasteiger charge is 2.23. The number of hydrogen-bond acceptors (Lipinski definition) is 5. The molecule has 8 nitrogen and oxygen atoms in total. The third kappa shape index (κ3) is 7.99. The largest absolute Gasteiger partial charge is 0.497 e. The molecule has 180 valence electrons. The molecule has 9 heteroatoms. The van der Waals surface area contributed by atoms with Gasteiger partial charge in [-0.1, -0.05) is 0 Å². The van der Waals surface area contributed by atoms with E-state index in [0.29, 0.717) is 12.3 Å². The molecule has 2 fully saturated rings. The summed E-state index contributed by atoms with van der Waals surface area (Å²) in [7, 11) is 3.53. The maximum Gasteiger partial charge on any atom is 0.217 e. The number of piperidine rings is 1. The fourth-order valence-corrected chi connectivity index (χ4v) is 4.57. The lowest BCUT2D eigenvalue weighted by Crippen LogP contribution is -2.48. The van der Waals surface area contributed by atoms with E-state index in [2.05, 4.69) is 37.1 Å². The van der Waals surface area contributed by atoms with Crippen LogP contribution >= 0.6 is 24.0 Å². The summed E-state index contributed by atoms with van der Waals surface area (Å²) in [5.41, 5.74) is 6.65. The van der Waals surface area contributed by atoms with Gasteiger partial charge >= 0.3 is 0 Å². The van der Waals surface area contributed by atoms with Gasteiger partial charge in [0.15, 0.2) is 5.96 Å². The average Bonchev–Trinajstić information content (AvgIpc) is 2.79. The summed E-state index contributed by atoms with van der Waals surface area (Å²) in [5, 5.41) is 3.51. The van der Waals surface area contributed by atoms with Crippen molar-refractivity contribution in [1.82, 2.24) is 15.1 Å². The minimum Gasteiger partial charge on any atom is -0.497 e. The van der Waals surface area contributed by atoms with E-state index in [1.165, 1.54) is 5.69 Å². The lowest BCUT2D eigenvalue weighted by molar-refractivity contribution is -0.119. The van der Waals surface area contributed by atoms with Gasteiger partial charge < -0.3 is 25.6 Å². The second kappa shape index (κ2) is 13.7. The van der Waals surface area contributed by atoms with Gasteiger partial charge in [0.1, 0.15) is 5.75 Å². The number of nitrogens with zero attached hydrogens (tertiary/aromatic N) is 4. The molecule has 0 spiro atoms. The second-order valence-electron chi connectivity index (χ2n) is 8.48. The van der Waals surface area contributed by atoms with Gasteiger partial charge in [-0.05, 0) is 56.0 Å². The molecular formula is C23H39IN6O2. The number of carbonyl (C=O) groups excluding carboxylic acids is 1. The lowest BCUT2D eigenvalue weighted by Gasteiger charge is -2.36. The van der Waals surface area contributed by atoms with Crippen LogP contribution in [0, 0.1) is 5.92 Å². The first-order valence-corrected chi connectivity index (χ1v) is 11.4. The first-order valence-electron chi connectivity index (χ1n) is 11.4. The van der Waals surface area contributed by atoms with Crippen molar-refractivity contribution in [2.24, 2.45) is 16.6 Å². The molecule has 0 saturated carbocycles. The Hall–Kier alpha value is -1.75. The van der Waals surface area contributed by atoms with E-state index >= 15 is 0 Å². The number of primary amides is 1. The first-order chi connectivity index (χ1) is 15.1. The average molecular weight is 559 g/mol. The quantitative estimate of drug-likeness (QED) is 0.220. The van der Waals surface area contributed by atoms with Gasteiger partial charge in [-0.15, -0.1) is 24.0 Å². The van der Waals surface area contributed by atoms with Crippen molar-refractivity contribution >= 4 is 41.5 Å². The lowest BCUT2D eigenvalue weighted by atomic mass is 9.95. The first kappa shape index (κ1) is 26.5. The second-order valence-corrected chi connectivity index (χ2v) is 8.48. The van der Waals surface area contributed by atoms with Crippen LogP contribution in [0.3, 0.4) is 0 Å². The number of piperazine rings is 1. The van der Waals surface area contributed by atoms with Crippen LogP contribution < -0.4 is 20.7 Å². The number of aliphatic imine (C=N–C) groups is 1. The maximum atomic E-state index is 11.2. The van der Waals surface area contributed by atoms with E-state index in [1.807, 2.05) is 19.2 Å². The molecule has 32 heavy (non-hydrogen) atoms. The smallest absolute Gasteiger partial charge is 0.217 e. The molecule has 3 rings (SSSR count). The number of methoxy groups -OCH3 is 1. The number of rotatable bonds is 8. The molecule has 1 amide bonds. The predicted octanol–water partition coefficient (Wildman–Crippen LogP) is 1.99. The Bertz CT molecular complexity index is 722. The van der Waals surface area contributed by atoms with Gasteiger partial charge in [-0.25, -0.2) is 0 Å². The highest BCUT2D eigenvalue weighted by atomic mass is 127. The number of likely N-dealkylation sites (tertiary alicyclic amines) is 1. The van der Waals surface area contributed by atoms with E-state index in [4.69, 9.17) is 10.5 Å². The summed E-state index contributed by atoms with van der Waals surface area (Å²) in [6.45, 7) is 8.11. The maximum absolute atomic E-state index is 11.2. The zero-order valence-corrected chi connectivity index (χ0v) is 21.8. The number of benzene rings is 1. The van der Waals surface area contributed by atoms with Crippen molar-refractivity contribution < 1.29 is 9.53 Å². The van der Waals surface area contributed by atoms with Crippen LogP contribution in [0.15, 0.2) is 29.3 Å². The van der Waals surface area contributed by atoms with Crippen molar-refractivity contribution in [2.75, 3.05) is 71.4 Å². The SMILES string of the molecule is CN=C(NCCCN1CCN(c2ccc(OC)cc2)CC1)N1CCCC(CC(N)=O)C1.I. The van der Waals surface area contributed by atoms with E-state index in [1.54, 1.807) is 7.11 Å². The van der Waals surface area contributed by atoms with Gasteiger partial charge in [0, 0.05) is 65.0 Å². The molecule has 1 aromatic rings. The number of ether oxygens (including phenoxy) is 1. The molecule has 0 aliphatic carbocycles. The van der Waals surface area contributed by atoms with Gasteiger partial charge in [-0.3, -0.25) is 14.7 Å². The Morgan fingerprint density at radius 2 is 1.91 bits per heavy atom. The normalized spacial score (nSPS) is 19.9. The van der Waals surface area contributed by atoms with Crippen molar-refractivity contribution in [3.8, 4) is 5.75 Å². The zero-order chi connectivity index (χ0) is 22.1. The summed E-state index contributed by atoms with van der Waals surface area (Å²) < 4.78 is 5.25. The summed E-state index contributed by atoms with van der Waals surface area (Å²) in [6.07, 6.45) is 3.70. The summed E-state index contributed by atoms with van der Waals surface area (Å²) in [6, 6.07) is 8.33. The van der Waals surface area contributed by atoms with Crippen LogP contribution in [0.4, 0.5) is 5.69 Å². The molecule has 0 aromatic heterocycles. The van der Waals surface area contributed by atoms with Gasteiger partial charge in [0.25, 0.3) is 0 Å². The van der Waals surface area contributed by atoms with Crippen molar-refractivity contribution in [3.63, 3.8) is 0 Å². The molecule has 2 saturated heterocycles. The van der Waals surface area contributed by atoms with Crippen LogP contribution in [0.1, 0.15) is 25.7 Å². The Morgan fingerprint density at radius 1 is 1.19 bits per heavy atom. The standard InChI is InChI=1S/C23H38N6O2.HI/c1-25-23(29-12-3-5-19(18-29)17-22(24)30)26-10-4-11-27-13-15-28(16-14-27)20-6-8-21(31-2)9-7-20;/h6-9,19H,3-5,10-18H2,1-2H3,(H2,24,30)(H,25,26);1H. The van der Waals surface area contributed by atoms with Gasteiger partial charge in [0.05, 0.1) is 7.11 Å². The number of anilines is 1. The number of nitrogens with one attached hydrogen (secondary N) is 1. The van der Waals surface area contributed by atoms with Crippen molar-refractivity contribution in [3.05, 3.63) is 24.3 Å². The molecule has 2 aliphatic rings. The third-order valence-corrected chi connectivity index (χ3v) is 6.26. The third-order valence-electron chi connectivity index (χ3n) is 6.26. The van der Waals surface area contributed by atoms with Crippen LogP contribution in [-0.4, -0.2) is 88.2 Å². The van der Waals surface area contributed by atoms with Crippen LogP contribution in [0.25, 0.3) is 0 Å². The molecule has 0 radical (unpaired) electrons. The number of guanidine groups is 1. The number of nitrogens with two attached hydrogens (primary N) is 1. The number of hydrogen-bond donors (Lipinski definition) is 2. The summed E-state index contributed by atoms with van der Waals surface area (Å²) in [4.78, 5) is 22.9. The molecule has 1 unspecified atom stereocenters. The number of amides is 1. The Labute approximate surface area is 209 Å². The highest BCUT2D eigenvalue weighted by molar-refractivity contribution is 14.0. The van der Waals surface area contributed by atoms with Crippen LogP contribution in [-0.2, 0) is 4.79 Å². The predicted molar refractivity (Wildman–Crippen MR) is 141 cm³/mol. The van der Waals surface area contributed by atoms with Crippen molar-refractivity contribution in [1.29, 1.82) is 0 Å². The molecule has 2 aliphatic heterocycles. The fraction of sp³-hybridized carbons (Fsp3) is 0.652. The van der Waals surface area contributed by atoms with E-state index in [0.717, 1.165) is 83.3 Å². The molecular weight excluding hydrogens is 519 g/mol. The zero-order valence-electron chi connectivity index (χ0n) is 19.5.